The molecule has 34 heavy (non-hydrogen) atoms. The third kappa shape index (κ3) is 5.86. The molecule has 1 amide bonds. The average Bonchev–Trinajstić information content (AvgIpc) is 2.88. The Hall–Kier alpha value is -4.45. The van der Waals surface area contributed by atoms with Crippen LogP contribution in [0.3, 0.4) is 0 Å². The zero-order valence-electron chi connectivity index (χ0n) is 18.7. The maximum absolute atomic E-state index is 12.4. The molecule has 0 fully saturated rings. The maximum atomic E-state index is 12.4. The second-order valence-electron chi connectivity index (χ2n) is 7.66. The van der Waals surface area contributed by atoms with E-state index in [1.54, 1.807) is 18.3 Å². The zero-order chi connectivity index (χ0) is 23.8. The van der Waals surface area contributed by atoms with E-state index in [4.69, 9.17) is 9.47 Å². The number of fused-ring (bicyclic) bond motifs is 1. The van der Waals surface area contributed by atoms with Gasteiger partial charge in [-0.2, -0.15) is 5.10 Å². The van der Waals surface area contributed by atoms with Crippen molar-refractivity contribution < 1.29 is 19.1 Å². The number of carbonyl (C=O) groups is 2. The third-order valence-electron chi connectivity index (χ3n) is 5.27. The normalized spacial score (nSPS) is 10.9. The van der Waals surface area contributed by atoms with Crippen LogP contribution in [0.2, 0.25) is 0 Å². The Morgan fingerprint density at radius 2 is 1.68 bits per heavy atom. The monoisotopic (exact) mass is 452 g/mol. The molecule has 170 valence electrons. The van der Waals surface area contributed by atoms with E-state index in [-0.39, 0.29) is 18.3 Å². The van der Waals surface area contributed by atoms with Crippen LogP contribution in [0.25, 0.3) is 10.8 Å². The molecule has 0 atom stereocenters. The molecule has 0 heterocycles. The first kappa shape index (κ1) is 22.7. The van der Waals surface area contributed by atoms with Gasteiger partial charge in [0.1, 0.15) is 12.4 Å². The molecule has 0 aliphatic heterocycles. The molecule has 0 radical (unpaired) electrons. The first-order valence-corrected chi connectivity index (χ1v) is 10.8. The van der Waals surface area contributed by atoms with Gasteiger partial charge in [-0.1, -0.05) is 66.7 Å². The minimum atomic E-state index is -0.372. The zero-order valence-corrected chi connectivity index (χ0v) is 18.7. The highest BCUT2D eigenvalue weighted by molar-refractivity contribution is 5.91. The fourth-order valence-electron chi connectivity index (χ4n) is 3.54. The first-order valence-electron chi connectivity index (χ1n) is 10.8. The maximum Gasteiger partial charge on any atom is 0.337 e. The molecule has 4 aromatic carbocycles. The van der Waals surface area contributed by atoms with Gasteiger partial charge in [-0.15, -0.1) is 0 Å². The topological polar surface area (TPSA) is 77.0 Å². The van der Waals surface area contributed by atoms with Gasteiger partial charge in [-0.3, -0.25) is 4.79 Å². The van der Waals surface area contributed by atoms with Crippen LogP contribution in [0.15, 0.2) is 96.1 Å². The van der Waals surface area contributed by atoms with Crippen molar-refractivity contribution in [2.75, 3.05) is 7.11 Å². The summed E-state index contributed by atoms with van der Waals surface area (Å²) in [5, 5.41) is 6.26. The summed E-state index contributed by atoms with van der Waals surface area (Å²) in [7, 11) is 1.35. The summed E-state index contributed by atoms with van der Waals surface area (Å²) >= 11 is 0. The Labute approximate surface area is 197 Å². The van der Waals surface area contributed by atoms with Crippen LogP contribution >= 0.6 is 0 Å². The van der Waals surface area contributed by atoms with Gasteiger partial charge < -0.3 is 9.47 Å². The van der Waals surface area contributed by atoms with Crippen molar-refractivity contribution >= 4 is 28.9 Å². The van der Waals surface area contributed by atoms with Crippen LogP contribution in [-0.4, -0.2) is 25.2 Å². The van der Waals surface area contributed by atoms with Gasteiger partial charge in [0.15, 0.2) is 0 Å². The summed E-state index contributed by atoms with van der Waals surface area (Å²) < 4.78 is 10.5. The standard InChI is InChI=1S/C28H24N2O4/c1-33-28(32)23-14-12-20(13-15-23)19-34-25-10-4-6-21(16-25)18-29-30-27(31)17-24-9-5-8-22-7-2-3-11-26(22)24/h2-16,18H,17,19H2,1H3,(H,30,31). The van der Waals surface area contributed by atoms with Crippen molar-refractivity contribution in [2.24, 2.45) is 5.10 Å². The fraction of sp³-hybridized carbons (Fsp3) is 0.107. The van der Waals surface area contributed by atoms with Crippen LogP contribution in [0.4, 0.5) is 0 Å². The first-order chi connectivity index (χ1) is 16.6. The number of esters is 1. The predicted molar refractivity (Wildman–Crippen MR) is 132 cm³/mol. The third-order valence-corrected chi connectivity index (χ3v) is 5.27. The number of methoxy groups -OCH3 is 1. The summed E-state index contributed by atoms with van der Waals surface area (Å²) in [6.07, 6.45) is 1.83. The quantitative estimate of drug-likeness (QED) is 0.234. The van der Waals surface area contributed by atoms with E-state index in [0.717, 1.165) is 27.5 Å². The number of carbonyl (C=O) groups excluding carboxylic acids is 2. The molecular weight excluding hydrogens is 428 g/mol. The number of nitrogens with one attached hydrogen (secondary N) is 1. The van der Waals surface area contributed by atoms with Gasteiger partial charge in [0.25, 0.3) is 0 Å². The van der Waals surface area contributed by atoms with E-state index >= 15 is 0 Å². The van der Waals surface area contributed by atoms with Gasteiger partial charge in [-0.25, -0.2) is 10.2 Å². The van der Waals surface area contributed by atoms with Crippen LogP contribution < -0.4 is 10.2 Å². The van der Waals surface area contributed by atoms with Gasteiger partial charge in [-0.05, 0) is 51.7 Å². The minimum absolute atomic E-state index is 0.185. The Balaban J connectivity index is 1.31. The van der Waals surface area contributed by atoms with Gasteiger partial charge in [0.05, 0.1) is 25.3 Å². The van der Waals surface area contributed by atoms with Crippen LogP contribution in [0.5, 0.6) is 5.75 Å². The van der Waals surface area contributed by atoms with E-state index in [1.165, 1.54) is 7.11 Å². The smallest absolute Gasteiger partial charge is 0.337 e. The van der Waals surface area contributed by atoms with E-state index in [9.17, 15) is 9.59 Å². The molecule has 0 aliphatic carbocycles. The van der Waals surface area contributed by atoms with Crippen molar-refractivity contribution in [3.8, 4) is 5.75 Å². The molecule has 4 aromatic rings. The number of hydrogen-bond acceptors (Lipinski definition) is 5. The second kappa shape index (κ2) is 10.9. The number of rotatable bonds is 8. The molecule has 0 aromatic heterocycles. The van der Waals surface area contributed by atoms with Gasteiger partial charge >= 0.3 is 5.97 Å². The van der Waals surface area contributed by atoms with Crippen LogP contribution in [-0.2, 0) is 22.6 Å². The minimum Gasteiger partial charge on any atom is -0.489 e. The van der Waals surface area contributed by atoms with Gasteiger partial charge in [0, 0.05) is 0 Å². The van der Waals surface area contributed by atoms with Crippen molar-refractivity contribution in [1.82, 2.24) is 5.43 Å². The number of amides is 1. The molecule has 0 aliphatic rings. The molecule has 1 N–H and O–H groups in total. The second-order valence-corrected chi connectivity index (χ2v) is 7.66. The summed E-state index contributed by atoms with van der Waals surface area (Å²) in [6.45, 7) is 0.351. The van der Waals surface area contributed by atoms with Crippen molar-refractivity contribution in [2.45, 2.75) is 13.0 Å². The summed E-state index contributed by atoms with van der Waals surface area (Å²) in [5.41, 5.74) is 5.76. The largest absolute Gasteiger partial charge is 0.489 e. The van der Waals surface area contributed by atoms with Crippen LogP contribution in [0, 0.1) is 0 Å². The highest BCUT2D eigenvalue weighted by Crippen LogP contribution is 2.19. The highest BCUT2D eigenvalue weighted by atomic mass is 16.5. The number of hydrazone groups is 1. The number of benzene rings is 4. The number of ether oxygens (including phenoxy) is 2. The van der Waals surface area contributed by atoms with Crippen molar-refractivity contribution in [3.05, 3.63) is 113 Å². The molecule has 4 rings (SSSR count). The lowest BCUT2D eigenvalue weighted by molar-refractivity contribution is -0.120. The van der Waals surface area contributed by atoms with E-state index in [2.05, 4.69) is 10.5 Å². The van der Waals surface area contributed by atoms with Crippen molar-refractivity contribution in [1.29, 1.82) is 0 Å². The molecule has 0 saturated heterocycles. The lowest BCUT2D eigenvalue weighted by atomic mass is 10.0. The van der Waals surface area contributed by atoms with E-state index in [0.29, 0.717) is 17.9 Å². The average molecular weight is 453 g/mol. The number of nitrogens with zero attached hydrogens (tertiary/aromatic N) is 1. The SMILES string of the molecule is COC(=O)c1ccc(COc2cccc(C=NNC(=O)Cc3cccc4ccccc34)c2)cc1. The Morgan fingerprint density at radius 1 is 0.912 bits per heavy atom. The lowest BCUT2D eigenvalue weighted by Gasteiger charge is -2.08. The molecule has 0 saturated carbocycles. The summed E-state index contributed by atoms with van der Waals surface area (Å²) in [5.74, 6) is 0.113. The van der Waals surface area contributed by atoms with E-state index < -0.39 is 0 Å². The Bertz CT molecular complexity index is 1320. The molecule has 6 heteroatoms. The summed E-state index contributed by atoms with van der Waals surface area (Å²) in [4.78, 5) is 23.9. The number of hydrogen-bond donors (Lipinski definition) is 1. The Kier molecular flexibility index (Phi) is 7.30. The predicted octanol–water partition coefficient (Wildman–Crippen LogP) is 4.90. The van der Waals surface area contributed by atoms with Crippen LogP contribution in [0.1, 0.15) is 27.0 Å². The molecule has 0 spiro atoms. The van der Waals surface area contributed by atoms with Crippen molar-refractivity contribution in [3.63, 3.8) is 0 Å². The van der Waals surface area contributed by atoms with Gasteiger partial charge in [0.2, 0.25) is 5.91 Å². The highest BCUT2D eigenvalue weighted by Gasteiger charge is 2.07. The lowest BCUT2D eigenvalue weighted by Crippen LogP contribution is -2.19. The molecule has 0 unspecified atom stereocenters. The molecular formula is C28H24N2O4. The molecule has 0 bridgehead atoms. The summed E-state index contributed by atoms with van der Waals surface area (Å²) in [6, 6.07) is 28.4. The molecule has 6 nitrogen and oxygen atoms in total. The van der Waals surface area contributed by atoms with E-state index in [1.807, 2.05) is 78.9 Å². The Morgan fingerprint density at radius 3 is 2.50 bits per heavy atom. The fourth-order valence-corrected chi connectivity index (χ4v) is 3.54.